The third-order valence-electron chi connectivity index (χ3n) is 2.43. The molecule has 0 rings (SSSR count). The number of hydrogen-bond donors (Lipinski definition) is 0. The normalized spacial score (nSPS) is 13.5. The maximum absolute atomic E-state index is 11.7. The van der Waals surface area contributed by atoms with E-state index in [0.717, 1.165) is 0 Å². The van der Waals surface area contributed by atoms with Crippen LogP contribution in [0.3, 0.4) is 0 Å². The molecule has 0 spiro atoms. The van der Waals surface area contributed by atoms with Gasteiger partial charge in [0, 0.05) is 11.3 Å². The molecule has 0 aromatic heterocycles. The summed E-state index contributed by atoms with van der Waals surface area (Å²) in [4.78, 5) is 33.3. The quantitative estimate of drug-likeness (QED) is 0.370. The van der Waals surface area contributed by atoms with Crippen LogP contribution in [0, 0.1) is 16.0 Å². The van der Waals surface area contributed by atoms with Gasteiger partial charge in [-0.25, -0.2) is 0 Å². The molecular weight excluding hydrogens is 242 g/mol. The first-order valence-electron chi connectivity index (χ1n) is 5.93. The van der Waals surface area contributed by atoms with Crippen LogP contribution in [0.5, 0.6) is 0 Å². The van der Waals surface area contributed by atoms with Crippen molar-refractivity contribution >= 4 is 11.9 Å². The second-order valence-corrected chi connectivity index (χ2v) is 3.63. The van der Waals surface area contributed by atoms with E-state index in [4.69, 9.17) is 9.47 Å². The fraction of sp³-hybridized carbons (Fsp3) is 0.818. The number of nitrogens with zero attached hydrogens (tertiary/aromatic N) is 1. The first-order valence-corrected chi connectivity index (χ1v) is 5.93. The summed E-state index contributed by atoms with van der Waals surface area (Å²) in [5.41, 5.74) is 0. The minimum atomic E-state index is -1.13. The zero-order chi connectivity index (χ0) is 14.1. The van der Waals surface area contributed by atoms with E-state index < -0.39 is 28.8 Å². The standard InChI is InChI=1S/C11H19NO6/c1-4-9(12(15)16)8(11(14)18-6-3)7-10(13)17-5-2/h8-9H,4-7H2,1-3H3. The summed E-state index contributed by atoms with van der Waals surface area (Å²) in [5, 5.41) is 10.9. The average molecular weight is 261 g/mol. The number of ether oxygens (including phenoxy) is 2. The highest BCUT2D eigenvalue weighted by molar-refractivity contribution is 5.80. The van der Waals surface area contributed by atoms with Crippen LogP contribution in [0.1, 0.15) is 33.6 Å². The first kappa shape index (κ1) is 16.3. The first-order chi connectivity index (χ1) is 8.47. The van der Waals surface area contributed by atoms with Crippen LogP contribution >= 0.6 is 0 Å². The molecule has 7 heteroatoms. The Morgan fingerprint density at radius 1 is 1.17 bits per heavy atom. The Morgan fingerprint density at radius 2 is 1.72 bits per heavy atom. The van der Waals surface area contributed by atoms with E-state index in [9.17, 15) is 19.7 Å². The Labute approximate surface area is 106 Å². The Bertz CT molecular complexity index is 304. The van der Waals surface area contributed by atoms with Gasteiger partial charge in [0.15, 0.2) is 0 Å². The average Bonchev–Trinajstić information content (AvgIpc) is 2.28. The van der Waals surface area contributed by atoms with Crippen LogP contribution in [0.25, 0.3) is 0 Å². The molecule has 0 heterocycles. The van der Waals surface area contributed by atoms with E-state index in [-0.39, 0.29) is 26.1 Å². The van der Waals surface area contributed by atoms with Crippen molar-refractivity contribution in [3.63, 3.8) is 0 Å². The third kappa shape index (κ3) is 5.11. The number of hydrogen-bond acceptors (Lipinski definition) is 6. The van der Waals surface area contributed by atoms with Crippen molar-refractivity contribution in [2.45, 2.75) is 39.7 Å². The zero-order valence-corrected chi connectivity index (χ0v) is 10.9. The van der Waals surface area contributed by atoms with Crippen molar-refractivity contribution in [1.29, 1.82) is 0 Å². The molecule has 7 nitrogen and oxygen atoms in total. The Balaban J connectivity index is 4.85. The Kier molecular flexibility index (Phi) is 7.66. The highest BCUT2D eigenvalue weighted by atomic mass is 16.6. The number of carbonyl (C=O) groups excluding carboxylic acids is 2. The minimum absolute atomic E-state index is 0.117. The van der Waals surface area contributed by atoms with E-state index >= 15 is 0 Å². The van der Waals surface area contributed by atoms with Crippen LogP contribution in [0.4, 0.5) is 0 Å². The topological polar surface area (TPSA) is 95.7 Å². The molecule has 2 unspecified atom stereocenters. The maximum Gasteiger partial charge on any atom is 0.316 e. The van der Waals surface area contributed by atoms with Gasteiger partial charge in [-0.15, -0.1) is 0 Å². The number of carbonyl (C=O) groups is 2. The summed E-state index contributed by atoms with van der Waals surface area (Å²) in [6.45, 7) is 5.11. The predicted octanol–water partition coefficient (Wildman–Crippen LogP) is 1.17. The lowest BCUT2D eigenvalue weighted by Gasteiger charge is -2.17. The summed E-state index contributed by atoms with van der Waals surface area (Å²) in [6, 6.07) is -1.13. The lowest BCUT2D eigenvalue weighted by Crippen LogP contribution is -2.37. The fourth-order valence-corrected chi connectivity index (χ4v) is 1.61. The van der Waals surface area contributed by atoms with Crippen molar-refractivity contribution < 1.29 is 24.0 Å². The molecule has 104 valence electrons. The van der Waals surface area contributed by atoms with Crippen molar-refractivity contribution in [2.24, 2.45) is 5.92 Å². The molecule has 0 aromatic carbocycles. The summed E-state index contributed by atoms with van der Waals surface area (Å²) in [6.07, 6.45) is -0.179. The van der Waals surface area contributed by atoms with E-state index in [0.29, 0.717) is 0 Å². The number of rotatable bonds is 8. The summed E-state index contributed by atoms with van der Waals surface area (Å²) in [5.74, 6) is -2.45. The van der Waals surface area contributed by atoms with Crippen LogP contribution in [0.15, 0.2) is 0 Å². The van der Waals surface area contributed by atoms with Crippen molar-refractivity contribution in [3.05, 3.63) is 10.1 Å². The number of esters is 2. The highest BCUT2D eigenvalue weighted by Gasteiger charge is 2.38. The largest absolute Gasteiger partial charge is 0.466 e. The molecule has 2 atom stereocenters. The van der Waals surface area contributed by atoms with Crippen LogP contribution in [-0.2, 0) is 19.1 Å². The molecule has 0 aliphatic carbocycles. The van der Waals surface area contributed by atoms with Gasteiger partial charge in [0.25, 0.3) is 0 Å². The summed E-state index contributed by atoms with van der Waals surface area (Å²) in [7, 11) is 0. The third-order valence-corrected chi connectivity index (χ3v) is 2.43. The lowest BCUT2D eigenvalue weighted by molar-refractivity contribution is -0.530. The monoisotopic (exact) mass is 261 g/mol. The fourth-order valence-electron chi connectivity index (χ4n) is 1.61. The minimum Gasteiger partial charge on any atom is -0.466 e. The smallest absolute Gasteiger partial charge is 0.316 e. The molecular formula is C11H19NO6. The maximum atomic E-state index is 11.7. The van der Waals surface area contributed by atoms with Gasteiger partial charge in [-0.05, 0) is 13.8 Å². The molecule has 0 radical (unpaired) electrons. The predicted molar refractivity (Wildman–Crippen MR) is 62.4 cm³/mol. The zero-order valence-electron chi connectivity index (χ0n) is 10.9. The van der Waals surface area contributed by atoms with Crippen molar-refractivity contribution in [1.82, 2.24) is 0 Å². The van der Waals surface area contributed by atoms with Crippen LogP contribution < -0.4 is 0 Å². The van der Waals surface area contributed by atoms with Crippen molar-refractivity contribution in [2.75, 3.05) is 13.2 Å². The van der Waals surface area contributed by atoms with Gasteiger partial charge >= 0.3 is 11.9 Å². The summed E-state index contributed by atoms with van der Waals surface area (Å²) < 4.78 is 9.47. The van der Waals surface area contributed by atoms with Gasteiger partial charge in [-0.1, -0.05) is 6.92 Å². The molecule has 0 saturated carbocycles. The molecule has 18 heavy (non-hydrogen) atoms. The highest BCUT2D eigenvalue weighted by Crippen LogP contribution is 2.18. The number of nitro groups is 1. The van der Waals surface area contributed by atoms with Gasteiger partial charge in [-0.2, -0.15) is 0 Å². The van der Waals surface area contributed by atoms with E-state index in [1.54, 1.807) is 20.8 Å². The van der Waals surface area contributed by atoms with E-state index in [1.165, 1.54) is 0 Å². The molecule has 0 amide bonds. The van der Waals surface area contributed by atoms with Crippen LogP contribution in [-0.4, -0.2) is 36.1 Å². The molecule has 0 bridgehead atoms. The lowest BCUT2D eigenvalue weighted by atomic mass is 9.94. The van der Waals surface area contributed by atoms with E-state index in [1.807, 2.05) is 0 Å². The summed E-state index contributed by atoms with van der Waals surface area (Å²) >= 11 is 0. The Hall–Kier alpha value is -1.66. The van der Waals surface area contributed by atoms with Gasteiger partial charge in [0.2, 0.25) is 6.04 Å². The van der Waals surface area contributed by atoms with E-state index in [2.05, 4.69) is 0 Å². The van der Waals surface area contributed by atoms with Crippen molar-refractivity contribution in [3.8, 4) is 0 Å². The van der Waals surface area contributed by atoms with Gasteiger partial charge in [0.05, 0.1) is 19.6 Å². The molecule has 0 fully saturated rings. The second-order valence-electron chi connectivity index (χ2n) is 3.63. The van der Waals surface area contributed by atoms with Gasteiger partial charge in [-0.3, -0.25) is 19.7 Å². The van der Waals surface area contributed by atoms with Crippen LogP contribution in [0.2, 0.25) is 0 Å². The molecule has 0 saturated heterocycles. The SMILES string of the molecule is CCOC(=O)CC(C(=O)OCC)C(CC)[N+](=O)[O-]. The second kappa shape index (κ2) is 8.43. The molecule has 0 N–H and O–H groups in total. The molecule has 0 aromatic rings. The molecule has 0 aliphatic heterocycles. The van der Waals surface area contributed by atoms with Gasteiger partial charge < -0.3 is 9.47 Å². The van der Waals surface area contributed by atoms with Gasteiger partial charge in [0.1, 0.15) is 5.92 Å². The Morgan fingerprint density at radius 3 is 2.11 bits per heavy atom. The molecule has 0 aliphatic rings.